The molecule has 9 aromatic carbocycles. The van der Waals surface area contributed by atoms with Crippen molar-refractivity contribution in [1.29, 1.82) is 0 Å². The first-order chi connectivity index (χ1) is 27.8. The maximum atomic E-state index is 5.64. The minimum Gasteiger partial charge on any atom is -0.346 e. The number of hydrogen-bond donors (Lipinski definition) is 1. The molecule has 1 atom stereocenters. The van der Waals surface area contributed by atoms with Gasteiger partial charge >= 0.3 is 0 Å². The lowest BCUT2D eigenvalue weighted by atomic mass is 9.67. The van der Waals surface area contributed by atoms with Crippen LogP contribution in [-0.2, 0) is 5.41 Å². The van der Waals surface area contributed by atoms with E-state index in [0.29, 0.717) is 0 Å². The van der Waals surface area contributed by atoms with E-state index in [1.807, 2.05) is 0 Å². The molecular weight excluding hydrogens is 679 g/mol. The predicted molar refractivity (Wildman–Crippen MR) is 233 cm³/mol. The zero-order valence-electron chi connectivity index (χ0n) is 30.5. The van der Waals surface area contributed by atoms with Crippen molar-refractivity contribution in [3.05, 3.63) is 234 Å². The fraction of sp³-hybridized carbons (Fsp3) is 0.0377. The van der Waals surface area contributed by atoms with Gasteiger partial charge < -0.3 is 9.88 Å². The van der Waals surface area contributed by atoms with Crippen molar-refractivity contribution in [2.24, 2.45) is 4.99 Å². The minimum absolute atomic E-state index is 0.369. The second kappa shape index (κ2) is 11.9. The summed E-state index contributed by atoms with van der Waals surface area (Å²) in [5, 5.41) is 11.4. The molecule has 0 amide bonds. The Labute approximate surface area is 324 Å². The lowest BCUT2D eigenvalue weighted by molar-refractivity contribution is 0.625. The van der Waals surface area contributed by atoms with E-state index in [9.17, 15) is 0 Å². The molecule has 0 saturated carbocycles. The van der Waals surface area contributed by atoms with Crippen molar-refractivity contribution in [2.75, 3.05) is 5.32 Å². The van der Waals surface area contributed by atoms with E-state index in [1.54, 1.807) is 0 Å². The summed E-state index contributed by atoms with van der Waals surface area (Å²) in [7, 11) is 0. The molecule has 1 aliphatic carbocycles. The molecule has 12 rings (SSSR count). The number of fused-ring (bicyclic) bond motifs is 11. The summed E-state index contributed by atoms with van der Waals surface area (Å²) in [5.74, 6) is 0. The van der Waals surface area contributed by atoms with Crippen LogP contribution in [0.5, 0.6) is 0 Å². The first kappa shape index (κ1) is 31.2. The Morgan fingerprint density at radius 2 is 0.929 bits per heavy atom. The molecule has 1 N–H and O–H groups in total. The van der Waals surface area contributed by atoms with Crippen LogP contribution in [0, 0.1) is 0 Å². The lowest BCUT2D eigenvalue weighted by Gasteiger charge is -2.34. The standard InChI is InChI=1S/C53H35N3/c1-2-16-37(17-3-1)53(44-23-11-8-20-41(44)42-21-9-12-24-45(42)53)38-30-26-36(27-31-38)51-43-22-10-13-25-46(43)54-52(55-51)56-47-32-28-34-14-4-6-18-39(34)49(47)50-40-19-7-5-15-35(40)29-33-48(50)56/h1-33,52,54H. The first-order valence-corrected chi connectivity index (χ1v) is 19.4. The molecule has 2 heterocycles. The normalized spacial score (nSPS) is 15.4. The highest BCUT2D eigenvalue weighted by Gasteiger charge is 2.45. The van der Waals surface area contributed by atoms with Gasteiger partial charge in [0.1, 0.15) is 0 Å². The zero-order valence-corrected chi connectivity index (χ0v) is 30.5. The molecule has 0 fully saturated rings. The van der Waals surface area contributed by atoms with E-state index < -0.39 is 5.41 Å². The lowest BCUT2D eigenvalue weighted by Crippen LogP contribution is -2.28. The average molecular weight is 714 g/mol. The predicted octanol–water partition coefficient (Wildman–Crippen LogP) is 12.9. The van der Waals surface area contributed by atoms with Crippen molar-refractivity contribution in [3.8, 4) is 11.1 Å². The Hall–Kier alpha value is -7.23. The van der Waals surface area contributed by atoms with Crippen LogP contribution in [0.4, 0.5) is 5.69 Å². The number of para-hydroxylation sites is 1. The monoisotopic (exact) mass is 713 g/mol. The van der Waals surface area contributed by atoms with Gasteiger partial charge in [0, 0.05) is 27.6 Å². The Balaban J connectivity index is 1.07. The van der Waals surface area contributed by atoms with Crippen molar-refractivity contribution >= 4 is 54.7 Å². The fourth-order valence-corrected chi connectivity index (χ4v) is 9.96. The van der Waals surface area contributed by atoms with Crippen molar-refractivity contribution < 1.29 is 0 Å². The number of aromatic nitrogens is 1. The summed E-state index contributed by atoms with van der Waals surface area (Å²) in [4.78, 5) is 5.64. The average Bonchev–Trinajstić information content (AvgIpc) is 3.78. The largest absolute Gasteiger partial charge is 0.346 e. The van der Waals surface area contributed by atoms with E-state index >= 15 is 0 Å². The van der Waals surface area contributed by atoms with E-state index in [1.165, 1.54) is 65.7 Å². The number of benzene rings is 9. The van der Waals surface area contributed by atoms with Crippen LogP contribution in [0.2, 0.25) is 0 Å². The molecule has 262 valence electrons. The van der Waals surface area contributed by atoms with E-state index in [0.717, 1.165) is 33.6 Å². The van der Waals surface area contributed by atoms with Crippen molar-refractivity contribution in [3.63, 3.8) is 0 Å². The molecule has 0 radical (unpaired) electrons. The molecule has 2 aliphatic rings. The minimum atomic E-state index is -0.447. The maximum absolute atomic E-state index is 5.64. The molecule has 1 aliphatic heterocycles. The number of aliphatic imine (C=N–C) groups is 1. The highest BCUT2D eigenvalue weighted by atomic mass is 15.3. The highest BCUT2D eigenvalue weighted by Crippen LogP contribution is 2.56. The number of anilines is 1. The SMILES string of the molecule is c1ccc(C2(c3ccc(C4=NC(n5c6ccc7ccccc7c6c6c7ccccc7ccc65)Nc5ccccc54)cc3)c3ccccc3-c3ccccc32)cc1. The number of nitrogens with zero attached hydrogens (tertiary/aromatic N) is 2. The van der Waals surface area contributed by atoms with Crippen molar-refractivity contribution in [2.45, 2.75) is 11.7 Å². The van der Waals surface area contributed by atoms with Crippen LogP contribution >= 0.6 is 0 Å². The zero-order chi connectivity index (χ0) is 36.8. The van der Waals surface area contributed by atoms with Crippen molar-refractivity contribution in [1.82, 2.24) is 4.57 Å². The maximum Gasteiger partial charge on any atom is 0.201 e. The van der Waals surface area contributed by atoms with Crippen LogP contribution in [0.15, 0.2) is 205 Å². The van der Waals surface area contributed by atoms with Gasteiger partial charge in [-0.3, -0.25) is 0 Å². The Kier molecular flexibility index (Phi) is 6.61. The summed E-state index contributed by atoms with van der Waals surface area (Å²) in [6, 6.07) is 73.2. The fourth-order valence-electron chi connectivity index (χ4n) is 9.96. The third-order valence-corrected chi connectivity index (χ3v) is 12.3. The third-order valence-electron chi connectivity index (χ3n) is 12.3. The number of hydrogen-bond acceptors (Lipinski definition) is 2. The van der Waals surface area contributed by atoms with Gasteiger partial charge in [-0.1, -0.05) is 182 Å². The van der Waals surface area contributed by atoms with Crippen LogP contribution < -0.4 is 5.32 Å². The second-order valence-corrected chi connectivity index (χ2v) is 15.1. The summed E-state index contributed by atoms with van der Waals surface area (Å²) in [5.41, 5.74) is 13.8. The molecule has 0 bridgehead atoms. The molecule has 1 aromatic heterocycles. The number of rotatable bonds is 4. The molecule has 56 heavy (non-hydrogen) atoms. The summed E-state index contributed by atoms with van der Waals surface area (Å²) < 4.78 is 2.41. The summed E-state index contributed by atoms with van der Waals surface area (Å²) in [6.45, 7) is 0. The van der Waals surface area contributed by atoms with Crippen LogP contribution in [0.25, 0.3) is 54.5 Å². The first-order valence-electron chi connectivity index (χ1n) is 19.4. The summed E-state index contributed by atoms with van der Waals surface area (Å²) in [6.07, 6.45) is -0.369. The van der Waals surface area contributed by atoms with Crippen LogP contribution in [0.3, 0.4) is 0 Å². The van der Waals surface area contributed by atoms with E-state index in [2.05, 4.69) is 210 Å². The smallest absolute Gasteiger partial charge is 0.201 e. The third kappa shape index (κ3) is 4.25. The topological polar surface area (TPSA) is 29.3 Å². The van der Waals surface area contributed by atoms with Crippen LogP contribution in [-0.4, -0.2) is 10.3 Å². The second-order valence-electron chi connectivity index (χ2n) is 15.1. The molecular formula is C53H35N3. The highest BCUT2D eigenvalue weighted by molar-refractivity contribution is 6.28. The van der Waals surface area contributed by atoms with Gasteiger partial charge in [0.05, 0.1) is 22.2 Å². The van der Waals surface area contributed by atoms with Gasteiger partial charge in [0.2, 0.25) is 6.29 Å². The molecule has 1 unspecified atom stereocenters. The quantitative estimate of drug-likeness (QED) is 0.193. The molecule has 0 saturated heterocycles. The van der Waals surface area contributed by atoms with E-state index in [4.69, 9.17) is 4.99 Å². The van der Waals surface area contributed by atoms with Gasteiger partial charge in [-0.15, -0.1) is 0 Å². The summed E-state index contributed by atoms with van der Waals surface area (Å²) >= 11 is 0. The van der Waals surface area contributed by atoms with Gasteiger partial charge in [-0.2, -0.15) is 0 Å². The van der Waals surface area contributed by atoms with Gasteiger partial charge in [-0.05, 0) is 73.1 Å². The van der Waals surface area contributed by atoms with Gasteiger partial charge in [0.25, 0.3) is 0 Å². The van der Waals surface area contributed by atoms with Gasteiger partial charge in [-0.25, -0.2) is 4.99 Å². The van der Waals surface area contributed by atoms with Gasteiger partial charge in [0.15, 0.2) is 0 Å². The molecule has 3 nitrogen and oxygen atoms in total. The Morgan fingerprint density at radius 3 is 1.55 bits per heavy atom. The number of nitrogens with one attached hydrogen (secondary N) is 1. The Bertz CT molecular complexity index is 3090. The van der Waals surface area contributed by atoms with E-state index in [-0.39, 0.29) is 6.29 Å². The molecule has 10 aromatic rings. The molecule has 3 heteroatoms. The molecule has 0 spiro atoms. The Morgan fingerprint density at radius 1 is 0.429 bits per heavy atom. The van der Waals surface area contributed by atoms with Crippen LogP contribution in [0.1, 0.15) is 39.7 Å².